The predicted octanol–water partition coefficient (Wildman–Crippen LogP) is -1.82. The van der Waals surface area contributed by atoms with Gasteiger partial charge in [0.2, 0.25) is 47.3 Å². The van der Waals surface area contributed by atoms with Gasteiger partial charge in [-0.3, -0.25) is 47.9 Å². The second kappa shape index (κ2) is 33.5. The summed E-state index contributed by atoms with van der Waals surface area (Å²) in [7, 11) is 0. The van der Waals surface area contributed by atoms with E-state index in [9.17, 15) is 73.2 Å². The lowest BCUT2D eigenvalue weighted by molar-refractivity contribution is -0.143. The van der Waals surface area contributed by atoms with Crippen molar-refractivity contribution < 1.29 is 78.3 Å². The molecule has 27 nitrogen and oxygen atoms in total. The molecule has 0 aliphatic heterocycles. The Kier molecular flexibility index (Phi) is 27.9. The highest BCUT2D eigenvalue weighted by atomic mass is 16.4. The third-order valence-corrected chi connectivity index (χ3v) is 12.8. The number of hydrogen-bond acceptors (Lipinski definition) is 15. The van der Waals surface area contributed by atoms with Crippen molar-refractivity contribution in [2.24, 2.45) is 23.3 Å². The van der Waals surface area contributed by atoms with Crippen LogP contribution in [-0.2, 0) is 65.6 Å². The van der Waals surface area contributed by atoms with Crippen LogP contribution in [0.1, 0.15) is 97.1 Å². The van der Waals surface area contributed by atoms with Gasteiger partial charge in [-0.25, -0.2) is 4.79 Å². The van der Waals surface area contributed by atoms with Gasteiger partial charge in [0.05, 0.1) is 25.2 Å². The van der Waals surface area contributed by atoms with Gasteiger partial charge >= 0.3 is 17.9 Å². The Hall–Kier alpha value is -8.01. The number of aliphatic hydroxyl groups is 2. The van der Waals surface area contributed by atoms with Crippen LogP contribution in [0.3, 0.4) is 0 Å². The van der Waals surface area contributed by atoms with Gasteiger partial charge in [-0.05, 0) is 81.0 Å². The number of amides is 8. The molecule has 446 valence electrons. The molecule has 0 saturated heterocycles. The Balaban J connectivity index is 1.92. The standard InChI is InChI=1S/C54H79N11O16/c1-28(2)21-37(48(74)60-39(24-32-26-57-35-16-10-9-15-33(32)35)50(76)58-36(17-11-12-20-55)47(73)63-41(54(80)81)22-29(3)4)59-51(77)40(25-44(70)71)61-52(78)42(27-66)64-49(75)38(23-31-13-7-6-8-14-31)62-53(79)45(30(5)67)65-46(72)34(56)18-19-43(68)69/h6-10,13-16,26,28-30,34,36-42,45,57,66-67H,11-12,17-25,27,55-56H2,1-5H3,(H,58,76)(H,59,77)(H,60,74)(H,61,78)(H,62,79)(H,63,73)(H,64,75)(H,65,72)(H,68,69)(H,70,71)(H,80,81)/t30-,34+,36+,37+,38+,39+,40+,41+,42+,45+/m1/s1. The summed E-state index contributed by atoms with van der Waals surface area (Å²) >= 11 is 0. The monoisotopic (exact) mass is 1140 g/mol. The molecule has 81 heavy (non-hydrogen) atoms. The zero-order chi connectivity index (χ0) is 60.5. The van der Waals surface area contributed by atoms with Crippen LogP contribution in [0.2, 0.25) is 0 Å². The first-order valence-corrected chi connectivity index (χ1v) is 26.7. The van der Waals surface area contributed by atoms with Crippen LogP contribution in [0.15, 0.2) is 60.8 Å². The molecule has 10 atom stereocenters. The number of aliphatic carboxylic acids is 3. The average Bonchev–Trinajstić information content (AvgIpc) is 3.89. The second-order valence-corrected chi connectivity index (χ2v) is 20.6. The maximum atomic E-state index is 14.5. The summed E-state index contributed by atoms with van der Waals surface area (Å²) in [5.74, 6) is -12.8. The van der Waals surface area contributed by atoms with Crippen LogP contribution < -0.4 is 54.0 Å². The average molecular weight is 1140 g/mol. The summed E-state index contributed by atoms with van der Waals surface area (Å²) in [4.78, 5) is 149. The molecule has 0 spiro atoms. The zero-order valence-electron chi connectivity index (χ0n) is 46.1. The van der Waals surface area contributed by atoms with Gasteiger partial charge in [-0.15, -0.1) is 0 Å². The highest BCUT2D eigenvalue weighted by molar-refractivity contribution is 5.99. The summed E-state index contributed by atoms with van der Waals surface area (Å²) in [6.07, 6.45) is -1.42. The molecule has 0 fully saturated rings. The van der Waals surface area contributed by atoms with Crippen molar-refractivity contribution in [1.29, 1.82) is 0 Å². The fourth-order valence-corrected chi connectivity index (χ4v) is 8.50. The molecule has 0 aliphatic rings. The Bertz CT molecular complexity index is 2630. The smallest absolute Gasteiger partial charge is 0.326 e. The zero-order valence-corrected chi connectivity index (χ0v) is 46.1. The minimum absolute atomic E-state index is 0.0477. The molecule has 0 aliphatic carbocycles. The Morgan fingerprint density at radius 2 is 1.02 bits per heavy atom. The van der Waals surface area contributed by atoms with E-state index >= 15 is 0 Å². The first kappa shape index (κ1) is 67.3. The lowest BCUT2D eigenvalue weighted by Gasteiger charge is -2.28. The number of benzene rings is 2. The van der Waals surface area contributed by atoms with E-state index in [4.69, 9.17) is 16.6 Å². The number of rotatable bonds is 36. The molecule has 0 bridgehead atoms. The van der Waals surface area contributed by atoms with Crippen molar-refractivity contribution >= 4 is 76.1 Å². The van der Waals surface area contributed by atoms with Gasteiger partial charge < -0.3 is 84.5 Å². The number of carbonyl (C=O) groups excluding carboxylic acids is 8. The van der Waals surface area contributed by atoms with Gasteiger partial charge in [0.15, 0.2) is 0 Å². The molecule has 0 radical (unpaired) electrons. The van der Waals surface area contributed by atoms with Crippen LogP contribution in [0.4, 0.5) is 0 Å². The number of unbranched alkanes of at least 4 members (excludes halogenated alkanes) is 1. The Labute approximate surface area is 468 Å². The molecular weight excluding hydrogens is 1060 g/mol. The molecule has 2 aromatic carbocycles. The largest absolute Gasteiger partial charge is 0.481 e. The topological polar surface area (TPSA) is 453 Å². The number of fused-ring (bicyclic) bond motifs is 1. The summed E-state index contributed by atoms with van der Waals surface area (Å²) in [6, 6.07) is 1.09. The van der Waals surface area contributed by atoms with Crippen molar-refractivity contribution in [3.8, 4) is 0 Å². The SMILES string of the molecule is CC(C)C[C@H](NC(=O)[C@H](CCCCN)NC(=O)[C@H](Cc1c[nH]c2ccccc12)NC(=O)[C@H](CC(C)C)NC(=O)[C@H](CC(=O)O)NC(=O)[C@H](CO)NC(=O)[C@H](Cc1ccccc1)NC(=O)[C@@H](NC(=O)[C@@H](N)CCC(=O)O)[C@@H](C)O)C(=O)O. The molecule has 8 amide bonds. The maximum absolute atomic E-state index is 14.5. The number of aromatic nitrogens is 1. The van der Waals surface area contributed by atoms with Gasteiger partial charge in [0.25, 0.3) is 0 Å². The quantitative estimate of drug-likeness (QED) is 0.0285. The lowest BCUT2D eigenvalue weighted by Crippen LogP contribution is -2.62. The van der Waals surface area contributed by atoms with Gasteiger partial charge in [0.1, 0.15) is 48.3 Å². The number of aliphatic hydroxyl groups excluding tert-OH is 2. The van der Waals surface area contributed by atoms with E-state index in [1.165, 1.54) is 0 Å². The molecule has 18 N–H and O–H groups in total. The Morgan fingerprint density at radius 1 is 0.531 bits per heavy atom. The number of nitrogens with two attached hydrogens (primary N) is 2. The summed E-state index contributed by atoms with van der Waals surface area (Å²) in [5.41, 5.74) is 13.2. The van der Waals surface area contributed by atoms with Gasteiger partial charge in [-0.2, -0.15) is 0 Å². The summed E-state index contributed by atoms with van der Waals surface area (Å²) < 4.78 is 0. The number of para-hydroxylation sites is 1. The van der Waals surface area contributed by atoms with E-state index in [0.29, 0.717) is 34.9 Å². The van der Waals surface area contributed by atoms with E-state index in [1.54, 1.807) is 88.5 Å². The Morgan fingerprint density at radius 3 is 1.60 bits per heavy atom. The van der Waals surface area contributed by atoms with Gasteiger partial charge in [-0.1, -0.05) is 76.2 Å². The summed E-state index contributed by atoms with van der Waals surface area (Å²) in [5, 5.41) is 69.8. The molecule has 0 unspecified atom stereocenters. The third-order valence-electron chi connectivity index (χ3n) is 12.8. The minimum atomic E-state index is -1.97. The van der Waals surface area contributed by atoms with Crippen molar-refractivity contribution in [1.82, 2.24) is 47.5 Å². The van der Waals surface area contributed by atoms with Crippen LogP contribution in [-0.4, -0.2) is 169 Å². The van der Waals surface area contributed by atoms with Crippen molar-refractivity contribution in [3.63, 3.8) is 0 Å². The maximum Gasteiger partial charge on any atom is 0.326 e. The fourth-order valence-electron chi connectivity index (χ4n) is 8.50. The van der Waals surface area contributed by atoms with E-state index in [1.807, 2.05) is 0 Å². The molecule has 3 rings (SSSR count). The molecule has 27 heteroatoms. The molecule has 1 aromatic heterocycles. The highest BCUT2D eigenvalue weighted by Crippen LogP contribution is 2.20. The van der Waals surface area contributed by atoms with E-state index in [2.05, 4.69) is 47.5 Å². The second-order valence-electron chi connectivity index (χ2n) is 20.6. The number of carbonyl (C=O) groups is 11. The molecule has 3 aromatic rings. The number of carboxylic acids is 3. The molecule has 1 heterocycles. The fraction of sp³-hybridized carbons (Fsp3) is 0.537. The number of nitrogens with one attached hydrogen (secondary N) is 9. The molecule has 0 saturated carbocycles. The van der Waals surface area contributed by atoms with E-state index in [0.717, 1.165) is 6.92 Å². The van der Waals surface area contributed by atoms with E-state index in [-0.39, 0.29) is 56.9 Å². The van der Waals surface area contributed by atoms with Crippen LogP contribution >= 0.6 is 0 Å². The number of hydrogen-bond donors (Lipinski definition) is 16. The first-order chi connectivity index (χ1) is 38.2. The highest BCUT2D eigenvalue weighted by Gasteiger charge is 2.37. The van der Waals surface area contributed by atoms with Crippen LogP contribution in [0, 0.1) is 11.8 Å². The lowest BCUT2D eigenvalue weighted by atomic mass is 9.99. The third kappa shape index (κ3) is 22.9. The van der Waals surface area contributed by atoms with Crippen molar-refractivity contribution in [3.05, 3.63) is 71.9 Å². The normalized spacial score (nSPS) is 15.0. The predicted molar refractivity (Wildman–Crippen MR) is 293 cm³/mol. The molecular formula is C54H79N11O16. The van der Waals surface area contributed by atoms with Crippen molar-refractivity contribution in [2.75, 3.05) is 13.2 Å². The van der Waals surface area contributed by atoms with E-state index < -0.39 is 145 Å². The van der Waals surface area contributed by atoms with Crippen LogP contribution in [0.25, 0.3) is 10.9 Å². The van der Waals surface area contributed by atoms with Crippen LogP contribution in [0.5, 0.6) is 0 Å². The number of carboxylic acid groups (broad SMARTS) is 3. The van der Waals surface area contributed by atoms with Crippen molar-refractivity contribution in [2.45, 2.75) is 159 Å². The van der Waals surface area contributed by atoms with Gasteiger partial charge in [0, 0.05) is 36.4 Å². The number of aromatic amines is 1. The number of H-pyrrole nitrogens is 1. The minimum Gasteiger partial charge on any atom is -0.481 e. The summed E-state index contributed by atoms with van der Waals surface area (Å²) in [6.45, 7) is 7.24. The first-order valence-electron chi connectivity index (χ1n) is 26.7.